The average molecular weight is 475 g/mol. The summed E-state index contributed by atoms with van der Waals surface area (Å²) in [6.45, 7) is 0.747. The van der Waals surface area contributed by atoms with Gasteiger partial charge in [-0.1, -0.05) is 12.1 Å². The molecule has 1 aliphatic rings. The first-order valence-corrected chi connectivity index (χ1v) is 11.8. The molecule has 1 fully saturated rings. The number of amides is 3. The third kappa shape index (κ3) is 4.69. The summed E-state index contributed by atoms with van der Waals surface area (Å²) in [6.07, 6.45) is 1.40. The molecule has 0 unspecified atom stereocenters. The van der Waals surface area contributed by atoms with Gasteiger partial charge in [-0.25, -0.2) is 4.98 Å². The van der Waals surface area contributed by atoms with E-state index < -0.39 is 0 Å². The molecule has 172 valence electrons. The zero-order valence-electron chi connectivity index (χ0n) is 18.2. The zero-order chi connectivity index (χ0) is 23.5. The van der Waals surface area contributed by atoms with E-state index in [4.69, 9.17) is 4.42 Å². The van der Waals surface area contributed by atoms with Gasteiger partial charge >= 0.3 is 0 Å². The number of hydrogen-bond acceptors (Lipinski definition) is 6. The maximum absolute atomic E-state index is 12.4. The first kappa shape index (κ1) is 21.8. The zero-order valence-corrected chi connectivity index (χ0v) is 19.1. The lowest BCUT2D eigenvalue weighted by molar-refractivity contribution is -0.120. The molecule has 3 heterocycles. The Morgan fingerprint density at radius 1 is 1.03 bits per heavy atom. The van der Waals surface area contributed by atoms with Crippen LogP contribution in [-0.2, 0) is 16.1 Å². The minimum absolute atomic E-state index is 0.0950. The summed E-state index contributed by atoms with van der Waals surface area (Å²) in [6, 6.07) is 18.3. The maximum Gasteiger partial charge on any atom is 0.251 e. The lowest BCUT2D eigenvalue weighted by atomic mass is 10.2. The van der Waals surface area contributed by atoms with Crippen LogP contribution < -0.4 is 15.5 Å². The second kappa shape index (κ2) is 9.48. The van der Waals surface area contributed by atoms with Gasteiger partial charge in [0.05, 0.1) is 23.3 Å². The van der Waals surface area contributed by atoms with Crippen LogP contribution >= 0.6 is 11.3 Å². The smallest absolute Gasteiger partial charge is 0.251 e. The van der Waals surface area contributed by atoms with Gasteiger partial charge in [-0.3, -0.25) is 14.4 Å². The molecule has 2 N–H and O–H groups in total. The van der Waals surface area contributed by atoms with Crippen LogP contribution in [0.4, 0.5) is 5.69 Å². The Bertz CT molecular complexity index is 1330. The van der Waals surface area contributed by atoms with Crippen molar-refractivity contribution in [1.29, 1.82) is 0 Å². The fourth-order valence-electron chi connectivity index (χ4n) is 3.79. The molecule has 0 bridgehead atoms. The molecule has 0 saturated carbocycles. The molecule has 8 nitrogen and oxygen atoms in total. The van der Waals surface area contributed by atoms with E-state index in [1.807, 2.05) is 30.3 Å². The summed E-state index contributed by atoms with van der Waals surface area (Å²) in [5.41, 5.74) is 2.12. The maximum atomic E-state index is 12.4. The number of nitrogens with zero attached hydrogens (tertiary/aromatic N) is 2. The number of anilines is 1. The number of hydrogen-bond donors (Lipinski definition) is 2. The second-order valence-electron chi connectivity index (χ2n) is 7.91. The third-order valence-electron chi connectivity index (χ3n) is 5.55. The monoisotopic (exact) mass is 474 g/mol. The fourth-order valence-corrected chi connectivity index (χ4v) is 4.72. The van der Waals surface area contributed by atoms with Crippen LogP contribution in [0.25, 0.3) is 21.0 Å². The van der Waals surface area contributed by atoms with Crippen molar-refractivity contribution >= 4 is 45.0 Å². The number of carbonyl (C=O) groups excluding carboxylic acids is 3. The topological polar surface area (TPSA) is 105 Å². The normalized spacial score (nSPS) is 13.4. The highest BCUT2D eigenvalue weighted by Gasteiger charge is 2.21. The molecule has 2 aromatic heterocycles. The molecule has 0 spiro atoms. The Kier molecular flexibility index (Phi) is 6.09. The van der Waals surface area contributed by atoms with Crippen molar-refractivity contribution in [1.82, 2.24) is 15.6 Å². The van der Waals surface area contributed by atoms with Gasteiger partial charge in [0.2, 0.25) is 11.8 Å². The quantitative estimate of drug-likeness (QED) is 0.425. The molecule has 0 radical (unpaired) electrons. The SMILES string of the molecule is O=C(CNC(=O)c1ccc(N2CCCC2=O)cc1)NCc1ccc(-c2nc3ccccc3s2)o1. The lowest BCUT2D eigenvalue weighted by Crippen LogP contribution is -2.36. The fraction of sp³-hybridized carbons (Fsp3) is 0.200. The lowest BCUT2D eigenvalue weighted by Gasteiger charge is -2.15. The predicted octanol–water partition coefficient (Wildman–Crippen LogP) is 3.73. The highest BCUT2D eigenvalue weighted by molar-refractivity contribution is 7.21. The van der Waals surface area contributed by atoms with Gasteiger partial charge in [-0.05, 0) is 55.0 Å². The van der Waals surface area contributed by atoms with E-state index in [9.17, 15) is 14.4 Å². The summed E-state index contributed by atoms with van der Waals surface area (Å²) in [5, 5.41) is 6.13. The Labute approximate surface area is 199 Å². The van der Waals surface area contributed by atoms with Gasteiger partial charge in [0.25, 0.3) is 5.91 Å². The van der Waals surface area contributed by atoms with Gasteiger partial charge in [-0.2, -0.15) is 0 Å². The molecule has 5 rings (SSSR count). The van der Waals surface area contributed by atoms with E-state index in [0.29, 0.717) is 30.0 Å². The van der Waals surface area contributed by atoms with E-state index >= 15 is 0 Å². The van der Waals surface area contributed by atoms with Crippen molar-refractivity contribution in [3.63, 3.8) is 0 Å². The molecule has 0 aliphatic carbocycles. The highest BCUT2D eigenvalue weighted by Crippen LogP contribution is 2.31. The van der Waals surface area contributed by atoms with E-state index in [2.05, 4.69) is 15.6 Å². The van der Waals surface area contributed by atoms with Crippen LogP contribution in [0, 0.1) is 0 Å². The molecule has 1 saturated heterocycles. The van der Waals surface area contributed by atoms with Crippen LogP contribution in [0.1, 0.15) is 29.0 Å². The Hall–Kier alpha value is -3.98. The molecule has 34 heavy (non-hydrogen) atoms. The van der Waals surface area contributed by atoms with Crippen molar-refractivity contribution < 1.29 is 18.8 Å². The van der Waals surface area contributed by atoms with E-state index in [-0.39, 0.29) is 30.8 Å². The molecular weight excluding hydrogens is 452 g/mol. The number of benzene rings is 2. The average Bonchev–Trinajstić information content (AvgIpc) is 3.60. The van der Waals surface area contributed by atoms with Crippen molar-refractivity contribution in [2.45, 2.75) is 19.4 Å². The largest absolute Gasteiger partial charge is 0.457 e. The van der Waals surface area contributed by atoms with Gasteiger partial charge in [-0.15, -0.1) is 11.3 Å². The molecule has 4 aromatic rings. The Morgan fingerprint density at radius 2 is 1.85 bits per heavy atom. The van der Waals surface area contributed by atoms with Crippen LogP contribution in [-0.4, -0.2) is 35.8 Å². The number of rotatable bonds is 7. The standard InChI is InChI=1S/C25H22N4O4S/c30-22(15-27-24(32)16-7-9-17(10-8-16)29-13-3-6-23(29)31)26-14-18-11-12-20(33-18)25-28-19-4-1-2-5-21(19)34-25/h1-2,4-5,7-12H,3,6,13-15H2,(H,26,30)(H,27,32). The van der Waals surface area contributed by atoms with Crippen molar-refractivity contribution in [2.75, 3.05) is 18.0 Å². The summed E-state index contributed by atoms with van der Waals surface area (Å²) < 4.78 is 6.91. The number of furan rings is 1. The molecule has 3 amide bonds. The number of aromatic nitrogens is 1. The van der Waals surface area contributed by atoms with Crippen LogP contribution in [0.5, 0.6) is 0 Å². The van der Waals surface area contributed by atoms with E-state index in [1.165, 1.54) is 0 Å². The summed E-state index contributed by atoms with van der Waals surface area (Å²) >= 11 is 1.55. The van der Waals surface area contributed by atoms with Crippen molar-refractivity contribution in [2.24, 2.45) is 0 Å². The molecule has 0 atom stereocenters. The van der Waals surface area contributed by atoms with E-state index in [1.54, 1.807) is 46.6 Å². The highest BCUT2D eigenvalue weighted by atomic mass is 32.1. The minimum Gasteiger partial charge on any atom is -0.457 e. The number of para-hydroxylation sites is 1. The van der Waals surface area contributed by atoms with Crippen molar-refractivity contribution in [3.8, 4) is 10.8 Å². The van der Waals surface area contributed by atoms with Gasteiger partial charge in [0.1, 0.15) is 5.76 Å². The molecular formula is C25H22N4O4S. The molecule has 1 aliphatic heterocycles. The molecule has 2 aromatic carbocycles. The van der Waals surface area contributed by atoms with Gasteiger partial charge in [0, 0.05) is 24.2 Å². The van der Waals surface area contributed by atoms with Crippen LogP contribution in [0.2, 0.25) is 0 Å². The third-order valence-corrected chi connectivity index (χ3v) is 6.60. The van der Waals surface area contributed by atoms with Crippen LogP contribution in [0.3, 0.4) is 0 Å². The van der Waals surface area contributed by atoms with E-state index in [0.717, 1.165) is 27.3 Å². The van der Waals surface area contributed by atoms with Gasteiger partial charge < -0.3 is 20.0 Å². The summed E-state index contributed by atoms with van der Waals surface area (Å²) in [5.74, 6) is 0.660. The van der Waals surface area contributed by atoms with Crippen LogP contribution in [0.15, 0.2) is 65.1 Å². The minimum atomic E-state index is -0.356. The number of nitrogens with one attached hydrogen (secondary N) is 2. The van der Waals surface area contributed by atoms with Crippen molar-refractivity contribution in [3.05, 3.63) is 72.0 Å². The number of thiazole rings is 1. The molecule has 9 heteroatoms. The summed E-state index contributed by atoms with van der Waals surface area (Å²) in [7, 11) is 0. The Morgan fingerprint density at radius 3 is 2.62 bits per heavy atom. The first-order chi connectivity index (χ1) is 16.6. The second-order valence-corrected chi connectivity index (χ2v) is 8.94. The number of fused-ring (bicyclic) bond motifs is 1. The Balaban J connectivity index is 1.10. The van der Waals surface area contributed by atoms with Gasteiger partial charge in [0.15, 0.2) is 10.8 Å². The predicted molar refractivity (Wildman–Crippen MR) is 130 cm³/mol. The number of carbonyl (C=O) groups is 3. The summed E-state index contributed by atoms with van der Waals surface area (Å²) in [4.78, 5) is 42.7. The first-order valence-electron chi connectivity index (χ1n) is 11.0.